The van der Waals surface area contributed by atoms with Crippen LogP contribution in [0.3, 0.4) is 0 Å². The van der Waals surface area contributed by atoms with E-state index in [1.54, 1.807) is 0 Å². The van der Waals surface area contributed by atoms with Gasteiger partial charge in [-0.05, 0) is 0 Å². The van der Waals surface area contributed by atoms with Gasteiger partial charge in [-0.1, -0.05) is 0 Å². The van der Waals surface area contributed by atoms with Crippen molar-refractivity contribution in [1.82, 2.24) is 0 Å². The van der Waals surface area contributed by atoms with E-state index in [1.807, 2.05) is 0 Å². The molecule has 0 saturated heterocycles. The molecule has 0 unspecified atom stereocenters. The van der Waals surface area contributed by atoms with Crippen LogP contribution in [0.4, 0.5) is 0 Å². The van der Waals surface area contributed by atoms with Crippen LogP contribution in [0, 0.1) is 0 Å². The average Bonchev–Trinajstić information content (AvgIpc) is 1.00. The van der Waals surface area contributed by atoms with E-state index in [9.17, 15) is 0 Å². The Labute approximate surface area is 45.0 Å². The maximum absolute atomic E-state index is 7.81. The van der Waals surface area contributed by atoms with Gasteiger partial charge in [0.05, 0.1) is 0 Å². The van der Waals surface area contributed by atoms with Gasteiger partial charge in [0.15, 0.2) is 0 Å². The van der Waals surface area contributed by atoms with Crippen molar-refractivity contribution in [2.45, 2.75) is 0 Å². The number of hydrogen-bond acceptors (Lipinski definition) is 1. The standard InChI is InChI=1S/2ClH.Cu.O/h2*1H;;. The molecule has 4 heavy (non-hydrogen) atoms. The van der Waals surface area contributed by atoms with E-state index in [0.717, 1.165) is 0 Å². The summed E-state index contributed by atoms with van der Waals surface area (Å²) in [4.78, 5) is 0. The molecule has 33 valence electrons. The second-order valence-electron chi connectivity index (χ2n) is 0. The van der Waals surface area contributed by atoms with E-state index in [-0.39, 0.29) is 24.8 Å². The number of hydrogen-bond donors (Lipinski definition) is 0. The van der Waals surface area contributed by atoms with Crippen molar-refractivity contribution in [3.05, 3.63) is 0 Å². The Morgan fingerprint density at radius 1 is 1.00 bits per heavy atom. The van der Waals surface area contributed by atoms with Crippen molar-refractivity contribution < 1.29 is 19.8 Å². The number of halogens is 2. The zero-order valence-electron chi connectivity index (χ0n) is 1.53. The first-order chi connectivity index (χ1) is 1.00. The van der Waals surface area contributed by atoms with Crippen molar-refractivity contribution in [2.24, 2.45) is 0 Å². The molecular formula is H2Cl2CuO. The summed E-state index contributed by atoms with van der Waals surface area (Å²) in [6.07, 6.45) is 0. The molecule has 0 spiro atoms. The van der Waals surface area contributed by atoms with Gasteiger partial charge in [-0.15, -0.1) is 24.8 Å². The number of rotatable bonds is 0. The Kier molecular flexibility index (Phi) is 209. The van der Waals surface area contributed by atoms with Gasteiger partial charge in [-0.2, -0.15) is 0 Å². The van der Waals surface area contributed by atoms with E-state index in [0.29, 0.717) is 0 Å². The fourth-order valence-corrected chi connectivity index (χ4v) is 0. The predicted molar refractivity (Wildman–Crippen MR) is 15.2 cm³/mol. The van der Waals surface area contributed by atoms with Crippen LogP contribution in [0.15, 0.2) is 0 Å². The van der Waals surface area contributed by atoms with E-state index in [1.165, 1.54) is 0 Å². The van der Waals surface area contributed by atoms with Gasteiger partial charge in [0.25, 0.3) is 0 Å². The topological polar surface area (TPSA) is 17.1 Å². The third-order valence-corrected chi connectivity index (χ3v) is 0. The van der Waals surface area contributed by atoms with Crippen molar-refractivity contribution in [3.8, 4) is 0 Å². The van der Waals surface area contributed by atoms with Gasteiger partial charge in [0.2, 0.25) is 0 Å². The fraction of sp³-hybridized carbons (Fsp3) is 0. The molecule has 0 aliphatic rings. The van der Waals surface area contributed by atoms with Gasteiger partial charge >= 0.3 is 19.8 Å². The third-order valence-electron chi connectivity index (χ3n) is 0. The van der Waals surface area contributed by atoms with Gasteiger partial charge in [0.1, 0.15) is 0 Å². The Hall–Kier alpha value is 0.899. The molecule has 0 aliphatic heterocycles. The molecule has 0 radical (unpaired) electrons. The summed E-state index contributed by atoms with van der Waals surface area (Å²) in [6, 6.07) is 0. The van der Waals surface area contributed by atoms with Gasteiger partial charge in [-0.3, -0.25) is 0 Å². The summed E-state index contributed by atoms with van der Waals surface area (Å²) in [5.41, 5.74) is 0. The zero-order chi connectivity index (χ0) is 2.00. The molecule has 0 rings (SSSR count). The van der Waals surface area contributed by atoms with Crippen LogP contribution in [0.1, 0.15) is 0 Å². The quantitative estimate of drug-likeness (QED) is 0.468. The maximum atomic E-state index is 7.81. The first-order valence-electron chi connectivity index (χ1n) is 0.123. The first-order valence-corrected chi connectivity index (χ1v) is 0.508. The SMILES string of the molecule is Cl.Cl.[O]=[Cu]. The van der Waals surface area contributed by atoms with Crippen molar-refractivity contribution in [2.75, 3.05) is 0 Å². The summed E-state index contributed by atoms with van der Waals surface area (Å²) in [6.45, 7) is 0. The second-order valence-corrected chi connectivity index (χ2v) is 0. The third kappa shape index (κ3) is 12.9. The van der Waals surface area contributed by atoms with Gasteiger partial charge in [0, 0.05) is 0 Å². The minimum atomic E-state index is 0. The van der Waals surface area contributed by atoms with Crippen molar-refractivity contribution in [1.29, 1.82) is 0 Å². The second kappa shape index (κ2) is 40.5. The van der Waals surface area contributed by atoms with Gasteiger partial charge < -0.3 is 0 Å². The molecule has 1 nitrogen and oxygen atoms in total. The average molecular weight is 152 g/mol. The molecule has 0 aromatic carbocycles. The van der Waals surface area contributed by atoms with E-state index >= 15 is 0 Å². The normalized spacial score (nSPS) is 1.50. The molecule has 0 N–H and O–H groups in total. The fourth-order valence-electron chi connectivity index (χ4n) is 0. The first kappa shape index (κ1) is 20.6. The van der Waals surface area contributed by atoms with E-state index in [4.69, 9.17) is 3.83 Å². The molecule has 0 aliphatic carbocycles. The van der Waals surface area contributed by atoms with Crippen LogP contribution in [0.2, 0.25) is 0 Å². The van der Waals surface area contributed by atoms with Crippen LogP contribution in [0.5, 0.6) is 0 Å². The molecule has 4 heteroatoms. The molecule has 0 saturated carbocycles. The zero-order valence-corrected chi connectivity index (χ0v) is 4.10. The summed E-state index contributed by atoms with van der Waals surface area (Å²) < 4.78 is 7.81. The molecular weight excluding hydrogens is 150 g/mol. The molecule has 0 bridgehead atoms. The molecule has 0 fully saturated rings. The van der Waals surface area contributed by atoms with Crippen LogP contribution in [0.25, 0.3) is 0 Å². The van der Waals surface area contributed by atoms with Crippen molar-refractivity contribution in [3.63, 3.8) is 0 Å². The Morgan fingerprint density at radius 3 is 1.00 bits per heavy atom. The molecule has 0 amide bonds. The van der Waals surface area contributed by atoms with Crippen LogP contribution in [-0.2, 0) is 19.8 Å². The van der Waals surface area contributed by atoms with Crippen LogP contribution < -0.4 is 0 Å². The monoisotopic (exact) mass is 151 g/mol. The molecule has 0 aromatic heterocycles. The van der Waals surface area contributed by atoms with Crippen LogP contribution in [-0.4, -0.2) is 0 Å². The summed E-state index contributed by atoms with van der Waals surface area (Å²) in [5.74, 6) is 0. The summed E-state index contributed by atoms with van der Waals surface area (Å²) in [5, 5.41) is 0. The Bertz CT molecular complexity index is 6.00. The van der Waals surface area contributed by atoms with E-state index < -0.39 is 0 Å². The van der Waals surface area contributed by atoms with Gasteiger partial charge in [-0.25, -0.2) is 0 Å². The van der Waals surface area contributed by atoms with Crippen LogP contribution >= 0.6 is 24.8 Å². The van der Waals surface area contributed by atoms with E-state index in [2.05, 4.69) is 15.9 Å². The Morgan fingerprint density at radius 2 is 1.00 bits per heavy atom. The molecule has 0 aromatic rings. The molecule has 0 heterocycles. The molecule has 0 atom stereocenters. The minimum absolute atomic E-state index is 0. The summed E-state index contributed by atoms with van der Waals surface area (Å²) in [7, 11) is 0. The predicted octanol–water partition coefficient (Wildman–Crippen LogP) is 0.722. The Balaban J connectivity index is -0.00000000500. The summed E-state index contributed by atoms with van der Waals surface area (Å²) >= 11 is 2.94. The van der Waals surface area contributed by atoms with Crippen molar-refractivity contribution >= 4 is 24.8 Å².